The van der Waals surface area contributed by atoms with Gasteiger partial charge in [0, 0.05) is 5.69 Å². The van der Waals surface area contributed by atoms with Crippen LogP contribution < -0.4 is 0 Å². The fraction of sp³-hybridized carbons (Fsp3) is 0.0435. The van der Waals surface area contributed by atoms with E-state index in [1.165, 1.54) is 12.1 Å². The van der Waals surface area contributed by atoms with Crippen molar-refractivity contribution in [2.24, 2.45) is 0 Å². The number of para-hydroxylation sites is 1. The van der Waals surface area contributed by atoms with Crippen LogP contribution >= 0.6 is 0 Å². The summed E-state index contributed by atoms with van der Waals surface area (Å²) in [4.78, 5) is 0. The summed E-state index contributed by atoms with van der Waals surface area (Å²) in [5.41, 5.74) is 3.41. The van der Waals surface area contributed by atoms with Crippen molar-refractivity contribution in [1.82, 2.24) is 4.57 Å². The highest BCUT2D eigenvalue weighted by molar-refractivity contribution is 5.73. The van der Waals surface area contributed by atoms with Crippen molar-refractivity contribution < 1.29 is 13.2 Å². The highest BCUT2D eigenvalue weighted by atomic mass is 19.4. The number of aromatic nitrogens is 1. The molecule has 0 atom stereocenters. The Bertz CT molecular complexity index is 1050. The average molecular weight is 363 g/mol. The molecule has 0 saturated heterocycles. The van der Waals surface area contributed by atoms with E-state index in [0.29, 0.717) is 11.3 Å². The van der Waals surface area contributed by atoms with E-state index in [1.807, 2.05) is 77.4 Å². The molecule has 27 heavy (non-hydrogen) atoms. The first-order chi connectivity index (χ1) is 13.0. The molecule has 4 heteroatoms. The van der Waals surface area contributed by atoms with Crippen LogP contribution in [0.25, 0.3) is 28.2 Å². The molecule has 3 aromatic carbocycles. The van der Waals surface area contributed by atoms with Crippen molar-refractivity contribution in [1.29, 1.82) is 0 Å². The van der Waals surface area contributed by atoms with E-state index in [4.69, 9.17) is 0 Å². The molecule has 0 unspecified atom stereocenters. The molecule has 0 spiro atoms. The highest BCUT2D eigenvalue weighted by Crippen LogP contribution is 2.35. The molecule has 0 aliphatic carbocycles. The Hall–Kier alpha value is -3.27. The van der Waals surface area contributed by atoms with Crippen molar-refractivity contribution in [3.05, 3.63) is 103 Å². The molecule has 1 nitrogen and oxygen atoms in total. The van der Waals surface area contributed by atoms with Gasteiger partial charge in [0.25, 0.3) is 0 Å². The summed E-state index contributed by atoms with van der Waals surface area (Å²) in [6.45, 7) is 0. The van der Waals surface area contributed by atoms with Crippen molar-refractivity contribution in [3.63, 3.8) is 0 Å². The van der Waals surface area contributed by atoms with E-state index >= 15 is 0 Å². The smallest absolute Gasteiger partial charge is 0.309 e. The van der Waals surface area contributed by atoms with Gasteiger partial charge in [0.15, 0.2) is 0 Å². The molecule has 0 radical (unpaired) electrons. The fourth-order valence-corrected chi connectivity index (χ4v) is 3.21. The van der Waals surface area contributed by atoms with Gasteiger partial charge in [-0.3, -0.25) is 0 Å². The molecular formula is C23H16F3N. The monoisotopic (exact) mass is 363 g/mol. The average Bonchev–Trinajstić information content (AvgIpc) is 3.14. The molecule has 0 bridgehead atoms. The summed E-state index contributed by atoms with van der Waals surface area (Å²) < 4.78 is 41.5. The third-order valence-corrected chi connectivity index (χ3v) is 4.45. The zero-order valence-electron chi connectivity index (χ0n) is 14.3. The number of nitrogens with zero attached hydrogens (tertiary/aromatic N) is 1. The fourth-order valence-electron chi connectivity index (χ4n) is 3.21. The van der Waals surface area contributed by atoms with E-state index in [0.717, 1.165) is 23.0 Å². The van der Waals surface area contributed by atoms with E-state index < -0.39 is 11.7 Å². The summed E-state index contributed by atoms with van der Waals surface area (Å²) in [6, 6.07) is 28.7. The first-order valence-electron chi connectivity index (χ1n) is 8.54. The third-order valence-electron chi connectivity index (χ3n) is 4.45. The van der Waals surface area contributed by atoms with Crippen LogP contribution in [0.1, 0.15) is 5.56 Å². The zero-order chi connectivity index (χ0) is 18.9. The molecule has 4 aromatic rings. The van der Waals surface area contributed by atoms with E-state index in [-0.39, 0.29) is 0 Å². The molecule has 0 aliphatic heterocycles. The predicted octanol–water partition coefficient (Wildman–Crippen LogP) is 6.83. The van der Waals surface area contributed by atoms with Gasteiger partial charge in [-0.2, -0.15) is 13.2 Å². The standard InChI is InChI=1S/C23H16F3N/c24-23(25,26)19-11-7-10-18(16-19)22-15-14-21(17-8-3-1-4-9-17)27(22)20-12-5-2-6-13-20/h1-16H. The molecular weight excluding hydrogens is 347 g/mol. The SMILES string of the molecule is FC(F)(F)c1cccc(-c2ccc(-c3ccccc3)n2-c2ccccc2)c1. The Labute approximate surface area is 155 Å². The Morgan fingerprint density at radius 3 is 1.74 bits per heavy atom. The number of hydrogen-bond donors (Lipinski definition) is 0. The van der Waals surface area contributed by atoms with E-state index in [9.17, 15) is 13.2 Å². The normalized spacial score (nSPS) is 11.5. The second-order valence-corrected chi connectivity index (χ2v) is 6.22. The number of benzene rings is 3. The zero-order valence-corrected chi connectivity index (χ0v) is 14.3. The maximum Gasteiger partial charge on any atom is 0.416 e. The minimum Gasteiger partial charge on any atom is -0.309 e. The molecule has 0 fully saturated rings. The van der Waals surface area contributed by atoms with Gasteiger partial charge in [-0.15, -0.1) is 0 Å². The van der Waals surface area contributed by atoms with Crippen molar-refractivity contribution in [2.45, 2.75) is 6.18 Å². The van der Waals surface area contributed by atoms with Crippen LogP contribution in [0.2, 0.25) is 0 Å². The van der Waals surface area contributed by atoms with E-state index in [2.05, 4.69) is 0 Å². The molecule has 1 heterocycles. The Kier molecular flexibility index (Phi) is 4.32. The van der Waals surface area contributed by atoms with Gasteiger partial charge in [0.05, 0.1) is 17.0 Å². The summed E-state index contributed by atoms with van der Waals surface area (Å²) in [7, 11) is 0. The third kappa shape index (κ3) is 3.38. The second kappa shape index (κ2) is 6.80. The molecule has 0 aliphatic rings. The van der Waals surface area contributed by atoms with Crippen LogP contribution in [0.5, 0.6) is 0 Å². The van der Waals surface area contributed by atoms with Gasteiger partial charge in [0.1, 0.15) is 0 Å². The van der Waals surface area contributed by atoms with Gasteiger partial charge in [-0.25, -0.2) is 0 Å². The molecule has 0 N–H and O–H groups in total. The van der Waals surface area contributed by atoms with Crippen molar-refractivity contribution in [2.75, 3.05) is 0 Å². The number of halogens is 3. The minimum atomic E-state index is -4.37. The summed E-state index contributed by atoms with van der Waals surface area (Å²) in [6.07, 6.45) is -4.37. The Balaban J connectivity index is 1.94. The predicted molar refractivity (Wildman–Crippen MR) is 102 cm³/mol. The van der Waals surface area contributed by atoms with Crippen LogP contribution in [0, 0.1) is 0 Å². The lowest BCUT2D eigenvalue weighted by atomic mass is 10.1. The first kappa shape index (κ1) is 17.2. The minimum absolute atomic E-state index is 0.524. The van der Waals surface area contributed by atoms with Crippen LogP contribution in [-0.2, 0) is 6.18 Å². The quantitative estimate of drug-likeness (QED) is 0.376. The molecule has 1 aromatic heterocycles. The van der Waals surface area contributed by atoms with Gasteiger partial charge in [0.2, 0.25) is 0 Å². The summed E-state index contributed by atoms with van der Waals surface area (Å²) in [5, 5.41) is 0. The van der Waals surface area contributed by atoms with Crippen LogP contribution in [0.4, 0.5) is 13.2 Å². The van der Waals surface area contributed by atoms with Crippen molar-refractivity contribution in [3.8, 4) is 28.2 Å². The topological polar surface area (TPSA) is 4.93 Å². The van der Waals surface area contributed by atoms with Gasteiger partial charge in [-0.05, 0) is 47.5 Å². The first-order valence-corrected chi connectivity index (χ1v) is 8.54. The summed E-state index contributed by atoms with van der Waals surface area (Å²) >= 11 is 0. The Morgan fingerprint density at radius 1 is 0.556 bits per heavy atom. The second-order valence-electron chi connectivity index (χ2n) is 6.22. The maximum atomic E-state index is 13.2. The number of hydrogen-bond acceptors (Lipinski definition) is 0. The van der Waals surface area contributed by atoms with Crippen LogP contribution in [0.15, 0.2) is 97.1 Å². The van der Waals surface area contributed by atoms with Gasteiger partial charge >= 0.3 is 6.18 Å². The summed E-state index contributed by atoms with van der Waals surface area (Å²) in [5.74, 6) is 0. The molecule has 0 saturated carbocycles. The molecule has 4 rings (SSSR count). The lowest BCUT2D eigenvalue weighted by Gasteiger charge is -2.15. The van der Waals surface area contributed by atoms with Gasteiger partial charge < -0.3 is 4.57 Å². The number of alkyl halides is 3. The van der Waals surface area contributed by atoms with Crippen LogP contribution in [-0.4, -0.2) is 4.57 Å². The molecule has 0 amide bonds. The van der Waals surface area contributed by atoms with Crippen molar-refractivity contribution >= 4 is 0 Å². The van der Waals surface area contributed by atoms with Gasteiger partial charge in [-0.1, -0.05) is 60.7 Å². The number of rotatable bonds is 3. The highest BCUT2D eigenvalue weighted by Gasteiger charge is 2.30. The lowest BCUT2D eigenvalue weighted by Crippen LogP contribution is -2.05. The van der Waals surface area contributed by atoms with E-state index in [1.54, 1.807) is 6.07 Å². The largest absolute Gasteiger partial charge is 0.416 e. The maximum absolute atomic E-state index is 13.2. The van der Waals surface area contributed by atoms with Crippen LogP contribution in [0.3, 0.4) is 0 Å². The Morgan fingerprint density at radius 2 is 1.11 bits per heavy atom. The lowest BCUT2D eigenvalue weighted by molar-refractivity contribution is -0.137. The molecule has 134 valence electrons.